The minimum Gasteiger partial charge on any atom is -0.359 e. The first-order valence-corrected chi connectivity index (χ1v) is 7.22. The van der Waals surface area contributed by atoms with Crippen molar-refractivity contribution < 1.29 is 9.47 Å². The third kappa shape index (κ3) is 14.4. The fourth-order valence-corrected chi connectivity index (χ4v) is 1.78. The molecule has 0 bridgehead atoms. The molecule has 0 N–H and O–H groups in total. The second kappa shape index (κ2) is 14.4. The van der Waals surface area contributed by atoms with Gasteiger partial charge in [0.05, 0.1) is 6.61 Å². The number of hydrogen-bond acceptors (Lipinski definition) is 2. The average Bonchev–Trinajstić information content (AvgIpc) is 2.26. The summed E-state index contributed by atoms with van der Waals surface area (Å²) in [5, 5.41) is 0. The third-order valence-electron chi connectivity index (χ3n) is 2.05. The first-order valence-electron chi connectivity index (χ1n) is 5.69. The van der Waals surface area contributed by atoms with Gasteiger partial charge in [0.15, 0.2) is 0 Å². The van der Waals surface area contributed by atoms with E-state index in [2.05, 4.69) is 34.7 Å². The van der Waals surface area contributed by atoms with E-state index in [1.54, 1.807) is 7.11 Å². The van der Waals surface area contributed by atoms with Crippen molar-refractivity contribution in [3.8, 4) is 0 Å². The monoisotopic (exact) mass is 326 g/mol. The van der Waals surface area contributed by atoms with Crippen LogP contribution in [-0.2, 0) is 9.47 Å². The van der Waals surface area contributed by atoms with Crippen molar-refractivity contribution >= 4 is 22.6 Å². The summed E-state index contributed by atoms with van der Waals surface area (Å²) in [5.74, 6) is 0. The van der Waals surface area contributed by atoms with Crippen molar-refractivity contribution in [2.45, 2.75) is 38.5 Å². The highest BCUT2D eigenvalue weighted by atomic mass is 127. The van der Waals surface area contributed by atoms with Crippen LogP contribution in [0.4, 0.5) is 0 Å². The highest BCUT2D eigenvalue weighted by Gasteiger charge is 1.87. The molecular formula is C12H23IO2. The molecule has 0 unspecified atom stereocenters. The van der Waals surface area contributed by atoms with E-state index in [0.29, 0.717) is 6.79 Å². The number of halogens is 1. The molecule has 15 heavy (non-hydrogen) atoms. The number of allylic oxidation sites excluding steroid dienone is 1. The van der Waals surface area contributed by atoms with Gasteiger partial charge in [-0.2, -0.15) is 0 Å². The van der Waals surface area contributed by atoms with Crippen LogP contribution in [0.1, 0.15) is 38.5 Å². The third-order valence-corrected chi connectivity index (χ3v) is 2.81. The highest BCUT2D eigenvalue weighted by Crippen LogP contribution is 2.05. The van der Waals surface area contributed by atoms with Crippen molar-refractivity contribution in [3.05, 3.63) is 12.2 Å². The van der Waals surface area contributed by atoms with Gasteiger partial charge in [0, 0.05) is 7.11 Å². The van der Waals surface area contributed by atoms with E-state index in [9.17, 15) is 0 Å². The largest absolute Gasteiger partial charge is 0.359 e. The Bertz CT molecular complexity index is 138. The summed E-state index contributed by atoms with van der Waals surface area (Å²) < 4.78 is 11.2. The van der Waals surface area contributed by atoms with E-state index in [-0.39, 0.29) is 0 Å². The molecule has 0 radical (unpaired) electrons. The maximum Gasteiger partial charge on any atom is 0.146 e. The molecule has 0 rings (SSSR count). The van der Waals surface area contributed by atoms with E-state index in [1.165, 1.54) is 36.5 Å². The number of unbranched alkanes of at least 4 members (excludes halogenated alkanes) is 4. The minimum absolute atomic E-state index is 0.407. The molecular weight excluding hydrogens is 303 g/mol. The van der Waals surface area contributed by atoms with Crippen molar-refractivity contribution in [3.63, 3.8) is 0 Å². The summed E-state index contributed by atoms with van der Waals surface area (Å²) >= 11 is 2.44. The summed E-state index contributed by atoms with van der Waals surface area (Å²) in [6.07, 6.45) is 12.1. The molecule has 0 aromatic rings. The maximum absolute atomic E-state index is 5.17. The molecule has 0 aromatic heterocycles. The molecule has 90 valence electrons. The van der Waals surface area contributed by atoms with E-state index < -0.39 is 0 Å². The predicted molar refractivity (Wildman–Crippen MR) is 73.6 cm³/mol. The van der Waals surface area contributed by atoms with Gasteiger partial charge in [-0.25, -0.2) is 0 Å². The van der Waals surface area contributed by atoms with Gasteiger partial charge in [-0.3, -0.25) is 0 Å². The SMILES string of the molecule is COCOCCC=CCCCCCCI. The number of methoxy groups -OCH3 is 1. The van der Waals surface area contributed by atoms with E-state index >= 15 is 0 Å². The fraction of sp³-hybridized carbons (Fsp3) is 0.833. The Kier molecular flexibility index (Phi) is 14.8. The summed E-state index contributed by atoms with van der Waals surface area (Å²) in [6, 6.07) is 0. The zero-order valence-electron chi connectivity index (χ0n) is 9.71. The quantitative estimate of drug-likeness (QED) is 0.188. The zero-order valence-corrected chi connectivity index (χ0v) is 11.9. The van der Waals surface area contributed by atoms with Crippen molar-refractivity contribution in [1.29, 1.82) is 0 Å². The first-order chi connectivity index (χ1) is 7.41. The molecule has 0 saturated heterocycles. The molecule has 0 fully saturated rings. The van der Waals surface area contributed by atoms with E-state index in [1.807, 2.05) is 0 Å². The lowest BCUT2D eigenvalue weighted by molar-refractivity contribution is -0.0285. The van der Waals surface area contributed by atoms with Gasteiger partial charge in [-0.15, -0.1) is 0 Å². The Labute approximate surface area is 108 Å². The number of ether oxygens (including phenoxy) is 2. The molecule has 0 aliphatic rings. The summed E-state index contributed by atoms with van der Waals surface area (Å²) in [7, 11) is 1.64. The molecule has 0 spiro atoms. The van der Waals surface area contributed by atoms with Crippen LogP contribution in [-0.4, -0.2) is 24.9 Å². The van der Waals surface area contributed by atoms with Gasteiger partial charge >= 0.3 is 0 Å². The number of rotatable bonds is 11. The molecule has 0 amide bonds. The van der Waals surface area contributed by atoms with Crippen LogP contribution in [0.15, 0.2) is 12.2 Å². The Hall–Kier alpha value is 0.390. The van der Waals surface area contributed by atoms with Crippen LogP contribution < -0.4 is 0 Å². The topological polar surface area (TPSA) is 18.5 Å². The molecule has 0 aromatic carbocycles. The number of hydrogen-bond donors (Lipinski definition) is 0. The van der Waals surface area contributed by atoms with Gasteiger partial charge in [0.1, 0.15) is 6.79 Å². The normalized spacial score (nSPS) is 11.3. The highest BCUT2D eigenvalue weighted by molar-refractivity contribution is 14.1. The molecule has 0 saturated carbocycles. The second-order valence-electron chi connectivity index (χ2n) is 3.47. The van der Waals surface area contributed by atoms with Gasteiger partial charge in [0.25, 0.3) is 0 Å². The first kappa shape index (κ1) is 15.4. The predicted octanol–water partition coefficient (Wildman–Crippen LogP) is 3.94. The Morgan fingerprint density at radius 2 is 1.73 bits per heavy atom. The molecule has 0 aliphatic carbocycles. The van der Waals surface area contributed by atoms with Crippen LogP contribution in [0.5, 0.6) is 0 Å². The minimum atomic E-state index is 0.407. The second-order valence-corrected chi connectivity index (χ2v) is 4.55. The van der Waals surface area contributed by atoms with Crippen LogP contribution in [0.2, 0.25) is 0 Å². The summed E-state index contributed by atoms with van der Waals surface area (Å²) in [5.41, 5.74) is 0. The van der Waals surface area contributed by atoms with Gasteiger partial charge in [-0.1, -0.05) is 47.6 Å². The Morgan fingerprint density at radius 3 is 2.47 bits per heavy atom. The average molecular weight is 326 g/mol. The van der Waals surface area contributed by atoms with Gasteiger partial charge < -0.3 is 9.47 Å². The van der Waals surface area contributed by atoms with Crippen LogP contribution in [0.3, 0.4) is 0 Å². The number of alkyl halides is 1. The van der Waals surface area contributed by atoms with Gasteiger partial charge in [-0.05, 0) is 30.1 Å². The van der Waals surface area contributed by atoms with Crippen molar-refractivity contribution in [2.24, 2.45) is 0 Å². The smallest absolute Gasteiger partial charge is 0.146 e. The van der Waals surface area contributed by atoms with Gasteiger partial charge in [0.2, 0.25) is 0 Å². The summed E-state index contributed by atoms with van der Waals surface area (Å²) in [4.78, 5) is 0. The molecule has 0 atom stereocenters. The molecule has 2 nitrogen and oxygen atoms in total. The van der Waals surface area contributed by atoms with Crippen molar-refractivity contribution in [1.82, 2.24) is 0 Å². The van der Waals surface area contributed by atoms with Crippen LogP contribution in [0.25, 0.3) is 0 Å². The van der Waals surface area contributed by atoms with Crippen molar-refractivity contribution in [2.75, 3.05) is 24.9 Å². The fourth-order valence-electron chi connectivity index (χ4n) is 1.24. The molecule has 0 aliphatic heterocycles. The van der Waals surface area contributed by atoms with E-state index in [4.69, 9.17) is 9.47 Å². The Balaban J connectivity index is 2.97. The van der Waals surface area contributed by atoms with Crippen LogP contribution in [0, 0.1) is 0 Å². The molecule has 3 heteroatoms. The lowest BCUT2D eigenvalue weighted by Gasteiger charge is -1.98. The standard InChI is InChI=1S/C12H23IO2/c1-14-12-15-11-9-7-5-3-2-4-6-8-10-13/h5,7H,2-4,6,8-12H2,1H3. The maximum atomic E-state index is 5.17. The van der Waals surface area contributed by atoms with E-state index in [0.717, 1.165) is 13.0 Å². The lowest BCUT2D eigenvalue weighted by Crippen LogP contribution is -1.96. The Morgan fingerprint density at radius 1 is 1.00 bits per heavy atom. The molecule has 0 heterocycles. The summed E-state index contributed by atoms with van der Waals surface area (Å²) in [6.45, 7) is 1.17. The van der Waals surface area contributed by atoms with Crippen LogP contribution >= 0.6 is 22.6 Å². The zero-order chi connectivity index (χ0) is 11.2. The lowest BCUT2D eigenvalue weighted by atomic mass is 10.1.